The van der Waals surface area contributed by atoms with Gasteiger partial charge in [-0.3, -0.25) is 0 Å². The average Bonchev–Trinajstić information content (AvgIpc) is 2.86. The lowest BCUT2D eigenvalue weighted by atomic mass is 10.0. The van der Waals surface area contributed by atoms with Crippen molar-refractivity contribution < 1.29 is 0 Å². The van der Waals surface area contributed by atoms with Crippen LogP contribution in [0.25, 0.3) is 17.0 Å². The van der Waals surface area contributed by atoms with Gasteiger partial charge in [-0.05, 0) is 11.6 Å². The smallest absolute Gasteiger partial charge is 0.112 e. The molecule has 0 saturated carbocycles. The van der Waals surface area contributed by atoms with E-state index in [0.29, 0.717) is 0 Å². The second-order valence-electron chi connectivity index (χ2n) is 4.85. The van der Waals surface area contributed by atoms with E-state index in [2.05, 4.69) is 71.0 Å². The summed E-state index contributed by atoms with van der Waals surface area (Å²) in [5.41, 5.74) is 3.71. The van der Waals surface area contributed by atoms with Gasteiger partial charge in [0, 0.05) is 16.5 Å². The van der Waals surface area contributed by atoms with E-state index in [1.54, 1.807) is 0 Å². The first-order chi connectivity index (χ1) is 9.42. The Morgan fingerprint density at radius 3 is 2.53 bits per heavy atom. The van der Waals surface area contributed by atoms with Crippen LogP contribution in [0.1, 0.15) is 17.2 Å². The van der Waals surface area contributed by atoms with E-state index < -0.39 is 0 Å². The summed E-state index contributed by atoms with van der Waals surface area (Å²) in [6.45, 7) is 0. The third-order valence-corrected chi connectivity index (χ3v) is 3.66. The zero-order valence-electron chi connectivity index (χ0n) is 10.4. The zero-order chi connectivity index (χ0) is 12.7. The molecule has 2 heteroatoms. The molecule has 1 aliphatic rings. The number of para-hydroxylation sites is 1. The first-order valence-corrected chi connectivity index (χ1v) is 6.52. The molecule has 1 atom stereocenters. The van der Waals surface area contributed by atoms with Crippen LogP contribution in [0.5, 0.6) is 0 Å². The van der Waals surface area contributed by atoms with Gasteiger partial charge in [-0.25, -0.2) is 0 Å². The van der Waals surface area contributed by atoms with Crippen molar-refractivity contribution in [2.24, 2.45) is 0 Å². The number of anilines is 1. The highest BCUT2D eigenvalue weighted by Crippen LogP contribution is 2.34. The molecule has 0 saturated heterocycles. The van der Waals surface area contributed by atoms with Crippen molar-refractivity contribution in [2.45, 2.75) is 6.04 Å². The summed E-state index contributed by atoms with van der Waals surface area (Å²) in [7, 11) is 0. The third kappa shape index (κ3) is 1.65. The fourth-order valence-corrected chi connectivity index (χ4v) is 2.70. The molecule has 1 aliphatic heterocycles. The fourth-order valence-electron chi connectivity index (χ4n) is 2.70. The molecule has 92 valence electrons. The monoisotopic (exact) mass is 246 g/mol. The van der Waals surface area contributed by atoms with Gasteiger partial charge in [0.15, 0.2) is 0 Å². The summed E-state index contributed by atoms with van der Waals surface area (Å²) in [4.78, 5) is 3.45. The Labute approximate surface area is 111 Å². The van der Waals surface area contributed by atoms with Crippen molar-refractivity contribution in [3.05, 3.63) is 71.8 Å². The van der Waals surface area contributed by atoms with Gasteiger partial charge >= 0.3 is 0 Å². The van der Waals surface area contributed by atoms with Gasteiger partial charge in [0.1, 0.15) is 5.82 Å². The largest absolute Gasteiger partial charge is 0.361 e. The first-order valence-electron chi connectivity index (χ1n) is 6.52. The van der Waals surface area contributed by atoms with Crippen molar-refractivity contribution >= 4 is 22.8 Å². The van der Waals surface area contributed by atoms with Gasteiger partial charge in [0.25, 0.3) is 0 Å². The van der Waals surface area contributed by atoms with Crippen LogP contribution in [0, 0.1) is 0 Å². The normalized spacial score (nSPS) is 17.2. The summed E-state index contributed by atoms with van der Waals surface area (Å²) >= 11 is 0. The summed E-state index contributed by atoms with van der Waals surface area (Å²) in [6, 6.07) is 19.1. The first kappa shape index (κ1) is 10.4. The van der Waals surface area contributed by atoms with Gasteiger partial charge in [0.05, 0.1) is 6.04 Å². The number of nitrogens with one attached hydrogen (secondary N) is 2. The Kier molecular flexibility index (Phi) is 2.21. The molecular weight excluding hydrogens is 232 g/mol. The minimum absolute atomic E-state index is 0.238. The molecule has 0 fully saturated rings. The summed E-state index contributed by atoms with van der Waals surface area (Å²) < 4.78 is 0. The van der Waals surface area contributed by atoms with Crippen LogP contribution < -0.4 is 5.32 Å². The van der Waals surface area contributed by atoms with Crippen LogP contribution in [0.3, 0.4) is 0 Å². The second kappa shape index (κ2) is 4.02. The molecule has 0 aliphatic carbocycles. The van der Waals surface area contributed by atoms with Crippen LogP contribution in [0.15, 0.2) is 60.7 Å². The lowest BCUT2D eigenvalue weighted by Gasteiger charge is -2.20. The van der Waals surface area contributed by atoms with Crippen molar-refractivity contribution in [3.63, 3.8) is 0 Å². The Morgan fingerprint density at radius 2 is 1.63 bits per heavy atom. The van der Waals surface area contributed by atoms with Crippen LogP contribution in [-0.2, 0) is 0 Å². The summed E-state index contributed by atoms with van der Waals surface area (Å²) in [6.07, 6.45) is 4.43. The number of aromatic nitrogens is 1. The Balaban J connectivity index is 1.79. The Morgan fingerprint density at radius 1 is 0.842 bits per heavy atom. The van der Waals surface area contributed by atoms with E-state index in [4.69, 9.17) is 0 Å². The minimum Gasteiger partial charge on any atom is -0.361 e. The molecule has 0 amide bonds. The summed E-state index contributed by atoms with van der Waals surface area (Å²) in [5.74, 6) is 1.11. The molecule has 1 unspecified atom stereocenters. The maximum Gasteiger partial charge on any atom is 0.112 e. The van der Waals surface area contributed by atoms with E-state index in [1.165, 1.54) is 22.0 Å². The van der Waals surface area contributed by atoms with E-state index in [1.807, 2.05) is 6.07 Å². The zero-order valence-corrected chi connectivity index (χ0v) is 10.4. The molecule has 0 radical (unpaired) electrons. The molecule has 0 spiro atoms. The van der Waals surface area contributed by atoms with E-state index in [9.17, 15) is 0 Å². The van der Waals surface area contributed by atoms with Crippen LogP contribution >= 0.6 is 0 Å². The standard InChI is InChI=1S/C17H14N2/c1-2-6-12(7-3-1)15-11-10-14-13-8-4-5-9-16(13)19-17(14)18-15/h1-11,15,18-19H. The predicted octanol–water partition coefficient (Wildman–Crippen LogP) is 4.35. The highest BCUT2D eigenvalue weighted by Gasteiger charge is 2.17. The molecule has 2 N–H and O–H groups in total. The molecule has 19 heavy (non-hydrogen) atoms. The topological polar surface area (TPSA) is 27.8 Å². The quantitative estimate of drug-likeness (QED) is 0.656. The SMILES string of the molecule is C1=CC(c2ccccc2)Nc2[nH]c3ccccc3c21. The minimum atomic E-state index is 0.238. The van der Waals surface area contributed by atoms with Crippen molar-refractivity contribution in [2.75, 3.05) is 5.32 Å². The predicted molar refractivity (Wildman–Crippen MR) is 80.1 cm³/mol. The molecule has 3 aromatic rings. The number of fused-ring (bicyclic) bond motifs is 3. The average molecular weight is 246 g/mol. The lowest BCUT2D eigenvalue weighted by molar-refractivity contribution is 0.969. The maximum atomic E-state index is 3.56. The van der Waals surface area contributed by atoms with E-state index >= 15 is 0 Å². The van der Waals surface area contributed by atoms with Gasteiger partial charge in [-0.1, -0.05) is 60.7 Å². The highest BCUT2D eigenvalue weighted by atomic mass is 15.0. The fraction of sp³-hybridized carbons (Fsp3) is 0.0588. The lowest BCUT2D eigenvalue weighted by Crippen LogP contribution is -2.11. The number of hydrogen-bond donors (Lipinski definition) is 2. The van der Waals surface area contributed by atoms with Gasteiger partial charge in [-0.15, -0.1) is 0 Å². The Hall–Kier alpha value is -2.48. The van der Waals surface area contributed by atoms with Crippen LogP contribution in [0.2, 0.25) is 0 Å². The molecular formula is C17H14N2. The van der Waals surface area contributed by atoms with Gasteiger partial charge in [-0.2, -0.15) is 0 Å². The summed E-state index contributed by atoms with van der Waals surface area (Å²) in [5, 5.41) is 4.83. The molecule has 2 nitrogen and oxygen atoms in total. The Bertz CT molecular complexity index is 753. The van der Waals surface area contributed by atoms with Crippen molar-refractivity contribution in [3.8, 4) is 0 Å². The highest BCUT2D eigenvalue weighted by molar-refractivity contribution is 5.96. The van der Waals surface area contributed by atoms with Crippen LogP contribution in [0.4, 0.5) is 5.82 Å². The van der Waals surface area contributed by atoms with Crippen LogP contribution in [-0.4, -0.2) is 4.98 Å². The third-order valence-electron chi connectivity index (χ3n) is 3.66. The van der Waals surface area contributed by atoms with Gasteiger partial charge < -0.3 is 10.3 Å². The number of rotatable bonds is 1. The molecule has 1 aromatic heterocycles. The van der Waals surface area contributed by atoms with Crippen molar-refractivity contribution in [1.82, 2.24) is 4.98 Å². The number of hydrogen-bond acceptors (Lipinski definition) is 1. The van der Waals surface area contributed by atoms with E-state index in [0.717, 1.165) is 5.82 Å². The second-order valence-corrected chi connectivity index (χ2v) is 4.85. The maximum absolute atomic E-state index is 3.56. The number of benzene rings is 2. The van der Waals surface area contributed by atoms with Gasteiger partial charge in [0.2, 0.25) is 0 Å². The molecule has 4 rings (SSSR count). The number of H-pyrrole nitrogens is 1. The molecule has 0 bridgehead atoms. The molecule has 2 aromatic carbocycles. The van der Waals surface area contributed by atoms with Crippen molar-refractivity contribution in [1.29, 1.82) is 0 Å². The molecule has 2 heterocycles. The van der Waals surface area contributed by atoms with E-state index in [-0.39, 0.29) is 6.04 Å². The number of aromatic amines is 1.